The lowest BCUT2D eigenvalue weighted by atomic mass is 9.43. The first-order chi connectivity index (χ1) is 11.0. The van der Waals surface area contributed by atoms with Crippen LogP contribution in [0.3, 0.4) is 0 Å². The van der Waals surface area contributed by atoms with Crippen LogP contribution >= 0.6 is 0 Å². The maximum atomic E-state index is 12.5. The zero-order valence-electron chi connectivity index (χ0n) is 13.4. The van der Waals surface area contributed by atoms with Gasteiger partial charge in [0.25, 0.3) is 5.56 Å². The number of pyridine rings is 2. The first-order valence-corrected chi connectivity index (χ1v) is 8.16. The summed E-state index contributed by atoms with van der Waals surface area (Å²) in [5.41, 5.74) is 1.75. The Balaban J connectivity index is 1.55. The van der Waals surface area contributed by atoms with Gasteiger partial charge < -0.3 is 9.72 Å². The number of carbonyl (C=O) groups is 1. The number of fused-ring (bicyclic) bond motifs is 1. The molecule has 0 spiro atoms. The SMILES string of the molecule is Cc1nc2cc[nH]c(=O)c2cc1C(=O)OC(C)CC12CC(C1)C2. The number of hydrogen-bond acceptors (Lipinski definition) is 4. The molecule has 2 bridgehead atoms. The Labute approximate surface area is 134 Å². The van der Waals surface area contributed by atoms with Crippen LogP contribution in [-0.4, -0.2) is 22.0 Å². The van der Waals surface area contributed by atoms with Gasteiger partial charge in [0.1, 0.15) is 0 Å². The minimum atomic E-state index is -0.390. The number of nitrogens with zero attached hydrogens (tertiary/aromatic N) is 1. The third-order valence-electron chi connectivity index (χ3n) is 5.36. The summed E-state index contributed by atoms with van der Waals surface area (Å²) in [5.74, 6) is 0.538. The Morgan fingerprint density at radius 2 is 2.22 bits per heavy atom. The van der Waals surface area contributed by atoms with Crippen molar-refractivity contribution in [1.82, 2.24) is 9.97 Å². The lowest BCUT2D eigenvalue weighted by Crippen LogP contribution is -2.53. The van der Waals surface area contributed by atoms with Crippen LogP contribution in [0.4, 0.5) is 0 Å². The van der Waals surface area contributed by atoms with Crippen LogP contribution in [-0.2, 0) is 4.74 Å². The average molecular weight is 312 g/mol. The van der Waals surface area contributed by atoms with Gasteiger partial charge in [0.05, 0.1) is 28.3 Å². The molecule has 2 aromatic heterocycles. The van der Waals surface area contributed by atoms with Crippen LogP contribution in [0.25, 0.3) is 10.9 Å². The molecular formula is C18H20N2O3. The highest BCUT2D eigenvalue weighted by atomic mass is 16.5. The third-order valence-corrected chi connectivity index (χ3v) is 5.36. The third kappa shape index (κ3) is 2.35. The molecule has 1 atom stereocenters. The number of aryl methyl sites for hydroxylation is 1. The van der Waals surface area contributed by atoms with Crippen LogP contribution in [0.5, 0.6) is 0 Å². The fourth-order valence-corrected chi connectivity index (χ4v) is 4.22. The van der Waals surface area contributed by atoms with E-state index >= 15 is 0 Å². The lowest BCUT2D eigenvalue weighted by molar-refractivity contribution is -0.131. The highest BCUT2D eigenvalue weighted by molar-refractivity contribution is 5.94. The van der Waals surface area contributed by atoms with Crippen molar-refractivity contribution in [3.8, 4) is 0 Å². The molecule has 23 heavy (non-hydrogen) atoms. The minimum absolute atomic E-state index is 0.104. The Kier molecular flexibility index (Phi) is 3.08. The molecule has 3 saturated carbocycles. The van der Waals surface area contributed by atoms with Crippen LogP contribution in [0.2, 0.25) is 0 Å². The van der Waals surface area contributed by atoms with Gasteiger partial charge in [0.15, 0.2) is 0 Å². The number of H-pyrrole nitrogens is 1. The molecule has 1 N–H and O–H groups in total. The monoisotopic (exact) mass is 312 g/mol. The van der Waals surface area contributed by atoms with E-state index in [9.17, 15) is 9.59 Å². The molecule has 3 fully saturated rings. The largest absolute Gasteiger partial charge is 0.459 e. The van der Waals surface area contributed by atoms with Crippen LogP contribution in [0, 0.1) is 18.3 Å². The number of aromatic amines is 1. The molecule has 0 aliphatic heterocycles. The molecule has 5 nitrogen and oxygen atoms in total. The topological polar surface area (TPSA) is 72.0 Å². The van der Waals surface area contributed by atoms with E-state index in [0.717, 1.165) is 12.3 Å². The van der Waals surface area contributed by atoms with E-state index in [1.54, 1.807) is 25.3 Å². The van der Waals surface area contributed by atoms with Crippen molar-refractivity contribution < 1.29 is 9.53 Å². The second kappa shape index (κ2) is 4.91. The summed E-state index contributed by atoms with van der Waals surface area (Å²) >= 11 is 0. The van der Waals surface area contributed by atoms with Gasteiger partial charge in [-0.1, -0.05) is 0 Å². The summed E-state index contributed by atoms with van der Waals surface area (Å²) < 4.78 is 5.61. The predicted octanol–water partition coefficient (Wildman–Crippen LogP) is 2.97. The second-order valence-corrected chi connectivity index (χ2v) is 7.26. The summed E-state index contributed by atoms with van der Waals surface area (Å²) in [6.45, 7) is 3.72. The van der Waals surface area contributed by atoms with Gasteiger partial charge in [0, 0.05) is 6.20 Å². The summed E-state index contributed by atoms with van der Waals surface area (Å²) in [6.07, 6.45) is 6.27. The van der Waals surface area contributed by atoms with Gasteiger partial charge in [-0.25, -0.2) is 4.79 Å². The van der Waals surface area contributed by atoms with Crippen LogP contribution in [0.1, 0.15) is 48.7 Å². The molecule has 5 rings (SSSR count). The van der Waals surface area contributed by atoms with Crippen molar-refractivity contribution in [2.45, 2.75) is 45.6 Å². The van der Waals surface area contributed by atoms with Gasteiger partial charge in [-0.05, 0) is 63.0 Å². The van der Waals surface area contributed by atoms with E-state index in [2.05, 4.69) is 9.97 Å². The molecule has 3 aliphatic rings. The highest BCUT2D eigenvalue weighted by Gasteiger charge is 2.56. The number of esters is 1. The van der Waals surface area contributed by atoms with E-state index < -0.39 is 0 Å². The summed E-state index contributed by atoms with van der Waals surface area (Å²) in [6, 6.07) is 3.32. The normalized spacial score (nSPS) is 26.3. The number of nitrogens with one attached hydrogen (secondary N) is 1. The predicted molar refractivity (Wildman–Crippen MR) is 86.4 cm³/mol. The number of rotatable bonds is 4. The summed E-state index contributed by atoms with van der Waals surface area (Å²) in [5, 5.41) is 0.414. The van der Waals surface area contributed by atoms with Crippen molar-refractivity contribution in [2.24, 2.45) is 11.3 Å². The second-order valence-electron chi connectivity index (χ2n) is 7.26. The minimum Gasteiger partial charge on any atom is -0.459 e. The Morgan fingerprint density at radius 1 is 1.48 bits per heavy atom. The average Bonchev–Trinajstić information content (AvgIpc) is 2.41. The molecule has 5 heteroatoms. The van der Waals surface area contributed by atoms with Crippen molar-refractivity contribution in [3.05, 3.63) is 39.9 Å². The molecule has 0 saturated heterocycles. The van der Waals surface area contributed by atoms with E-state index in [0.29, 0.717) is 27.6 Å². The van der Waals surface area contributed by atoms with Crippen LogP contribution in [0.15, 0.2) is 23.1 Å². The molecule has 2 heterocycles. The van der Waals surface area contributed by atoms with Gasteiger partial charge in [0.2, 0.25) is 0 Å². The first kappa shape index (κ1) is 14.4. The smallest absolute Gasteiger partial charge is 0.340 e. The van der Waals surface area contributed by atoms with Gasteiger partial charge in [-0.3, -0.25) is 9.78 Å². The van der Waals surface area contributed by atoms with Crippen molar-refractivity contribution in [2.75, 3.05) is 0 Å². The summed E-state index contributed by atoms with van der Waals surface area (Å²) in [7, 11) is 0. The van der Waals surface area contributed by atoms with E-state index in [-0.39, 0.29) is 17.6 Å². The number of carbonyl (C=O) groups excluding carboxylic acids is 1. The van der Waals surface area contributed by atoms with Crippen molar-refractivity contribution in [1.29, 1.82) is 0 Å². The van der Waals surface area contributed by atoms with Crippen molar-refractivity contribution >= 4 is 16.9 Å². The molecule has 0 amide bonds. The van der Waals surface area contributed by atoms with Gasteiger partial charge in [-0.2, -0.15) is 0 Å². The quantitative estimate of drug-likeness (QED) is 0.881. The fraction of sp³-hybridized carbons (Fsp3) is 0.500. The molecular weight excluding hydrogens is 292 g/mol. The zero-order chi connectivity index (χ0) is 16.2. The zero-order valence-corrected chi connectivity index (χ0v) is 13.4. The molecule has 0 aromatic carbocycles. The molecule has 1 unspecified atom stereocenters. The Hall–Kier alpha value is -2.17. The number of hydrogen-bond donors (Lipinski definition) is 1. The molecule has 120 valence electrons. The maximum absolute atomic E-state index is 12.5. The van der Waals surface area contributed by atoms with Crippen LogP contribution < -0.4 is 5.56 Å². The van der Waals surface area contributed by atoms with E-state index in [1.807, 2.05) is 6.92 Å². The first-order valence-electron chi connectivity index (χ1n) is 8.16. The Bertz CT molecular complexity index is 838. The Morgan fingerprint density at radius 3 is 2.87 bits per heavy atom. The van der Waals surface area contributed by atoms with E-state index in [1.165, 1.54) is 19.3 Å². The number of aromatic nitrogens is 2. The molecule has 0 radical (unpaired) electrons. The molecule has 3 aliphatic carbocycles. The van der Waals surface area contributed by atoms with Crippen molar-refractivity contribution in [3.63, 3.8) is 0 Å². The highest BCUT2D eigenvalue weighted by Crippen LogP contribution is 2.66. The molecule has 2 aromatic rings. The standard InChI is InChI=1S/C18H20N2O3/c1-10(6-18-7-12(8-18)9-18)23-17(22)13-5-14-15(20-11(13)2)3-4-19-16(14)21/h3-5,10,12H,6-9H2,1-2H3,(H,19,21). The van der Waals surface area contributed by atoms with Gasteiger partial charge >= 0.3 is 5.97 Å². The number of ether oxygens (including phenoxy) is 1. The van der Waals surface area contributed by atoms with E-state index in [4.69, 9.17) is 4.74 Å². The summed E-state index contributed by atoms with van der Waals surface area (Å²) in [4.78, 5) is 31.3. The fourth-order valence-electron chi connectivity index (χ4n) is 4.22. The van der Waals surface area contributed by atoms with Gasteiger partial charge in [-0.15, -0.1) is 0 Å². The lowest BCUT2D eigenvalue weighted by Gasteiger charge is -2.62. The maximum Gasteiger partial charge on any atom is 0.340 e.